The Bertz CT molecular complexity index is 562. The highest BCUT2D eigenvalue weighted by Gasteiger charge is 2.21. The normalized spacial score (nSPS) is 13.1. The lowest BCUT2D eigenvalue weighted by Crippen LogP contribution is -2.44. The monoisotopic (exact) mass is 314 g/mol. The largest absolute Gasteiger partial charge is 0.465 e. The average molecular weight is 315 g/mol. The first-order valence-electron chi connectivity index (χ1n) is 6.41. The van der Waals surface area contributed by atoms with Gasteiger partial charge in [0.2, 0.25) is 0 Å². The van der Waals surface area contributed by atoms with Crippen LogP contribution in [-0.4, -0.2) is 28.3 Å². The lowest BCUT2D eigenvalue weighted by molar-refractivity contribution is 0.189. The number of nitriles is 1. The minimum absolute atomic E-state index is 0.0523. The second-order valence-corrected chi connectivity index (χ2v) is 4.90. The van der Waals surface area contributed by atoms with E-state index in [-0.39, 0.29) is 22.6 Å². The Morgan fingerprint density at radius 2 is 2.33 bits per heavy atom. The molecule has 1 aromatic heterocycles. The maximum Gasteiger partial charge on any atom is 0.404 e. The topological polar surface area (TPSA) is 98.0 Å². The number of nitrogens with zero attached hydrogens (tertiary/aromatic N) is 2. The van der Waals surface area contributed by atoms with E-state index in [1.165, 1.54) is 0 Å². The molecular weight excluding hydrogens is 299 g/mol. The lowest BCUT2D eigenvalue weighted by Gasteiger charge is -2.25. The van der Waals surface area contributed by atoms with Gasteiger partial charge in [-0.25, -0.2) is 14.2 Å². The standard InChI is InChI=1S/C13H16ClFN4O2/c1-3-4-10(7(2)17-13(20)21)18-12-9(15)5-8(6-16)11(14)19-12/h5,7,10,17H,3-4H2,1-2H3,(H,18,19)(H,20,21)/t7-,10-/m0/s1. The molecule has 0 unspecified atom stereocenters. The predicted octanol–water partition coefficient (Wildman–Crippen LogP) is 2.98. The fraction of sp³-hybridized carbons (Fsp3) is 0.462. The van der Waals surface area contributed by atoms with Gasteiger partial charge in [0.25, 0.3) is 0 Å². The van der Waals surface area contributed by atoms with Gasteiger partial charge < -0.3 is 15.7 Å². The third-order valence-corrected chi connectivity index (χ3v) is 3.21. The van der Waals surface area contributed by atoms with E-state index >= 15 is 0 Å². The summed E-state index contributed by atoms with van der Waals surface area (Å²) in [6.45, 7) is 3.60. The van der Waals surface area contributed by atoms with Crippen molar-refractivity contribution in [3.63, 3.8) is 0 Å². The van der Waals surface area contributed by atoms with Crippen LogP contribution in [0.3, 0.4) is 0 Å². The van der Waals surface area contributed by atoms with E-state index in [9.17, 15) is 9.18 Å². The SMILES string of the molecule is CCC[C@H](Nc1nc(Cl)c(C#N)cc1F)[C@H](C)NC(=O)O. The number of carboxylic acid groups (broad SMARTS) is 1. The lowest BCUT2D eigenvalue weighted by atomic mass is 10.0. The molecule has 2 atom stereocenters. The Kier molecular flexibility index (Phi) is 6.18. The van der Waals surface area contributed by atoms with E-state index in [4.69, 9.17) is 22.0 Å². The summed E-state index contributed by atoms with van der Waals surface area (Å²) in [5, 5.41) is 22.6. The number of rotatable bonds is 6. The zero-order valence-electron chi connectivity index (χ0n) is 11.7. The van der Waals surface area contributed by atoms with Gasteiger partial charge in [-0.2, -0.15) is 5.26 Å². The zero-order chi connectivity index (χ0) is 16.0. The molecule has 1 amide bonds. The molecule has 0 spiro atoms. The molecule has 3 N–H and O–H groups in total. The van der Waals surface area contributed by atoms with Crippen LogP contribution in [0.1, 0.15) is 32.3 Å². The Labute approximate surface area is 126 Å². The van der Waals surface area contributed by atoms with E-state index in [1.807, 2.05) is 6.92 Å². The maximum atomic E-state index is 13.9. The quantitative estimate of drug-likeness (QED) is 0.701. The fourth-order valence-corrected chi connectivity index (χ4v) is 2.06. The summed E-state index contributed by atoms with van der Waals surface area (Å²) >= 11 is 5.78. The summed E-state index contributed by atoms with van der Waals surface area (Å²) in [7, 11) is 0. The predicted molar refractivity (Wildman–Crippen MR) is 76.9 cm³/mol. The number of hydrogen-bond donors (Lipinski definition) is 3. The molecular formula is C13H16ClFN4O2. The smallest absolute Gasteiger partial charge is 0.404 e. The summed E-state index contributed by atoms with van der Waals surface area (Å²) in [6.07, 6.45) is 0.228. The number of hydrogen-bond acceptors (Lipinski definition) is 4. The van der Waals surface area contributed by atoms with Gasteiger partial charge >= 0.3 is 6.09 Å². The highest BCUT2D eigenvalue weighted by atomic mass is 35.5. The third kappa shape index (κ3) is 4.76. The number of aromatic nitrogens is 1. The van der Waals surface area contributed by atoms with Gasteiger partial charge in [0, 0.05) is 12.1 Å². The second-order valence-electron chi connectivity index (χ2n) is 4.55. The van der Waals surface area contributed by atoms with Crippen molar-refractivity contribution in [1.29, 1.82) is 5.26 Å². The summed E-state index contributed by atoms with van der Waals surface area (Å²) < 4.78 is 13.9. The zero-order valence-corrected chi connectivity index (χ0v) is 12.4. The van der Waals surface area contributed by atoms with Crippen molar-refractivity contribution >= 4 is 23.5 Å². The molecule has 0 aliphatic heterocycles. The molecule has 0 bridgehead atoms. The minimum Gasteiger partial charge on any atom is -0.465 e. The summed E-state index contributed by atoms with van der Waals surface area (Å²) in [4.78, 5) is 14.5. The van der Waals surface area contributed by atoms with Crippen molar-refractivity contribution in [3.05, 3.63) is 22.6 Å². The Hall–Kier alpha value is -2.07. The van der Waals surface area contributed by atoms with Crippen molar-refractivity contribution in [3.8, 4) is 6.07 Å². The summed E-state index contributed by atoms with van der Waals surface area (Å²) in [5.41, 5.74) is -0.0523. The number of amides is 1. The Morgan fingerprint density at radius 3 is 2.86 bits per heavy atom. The van der Waals surface area contributed by atoms with Gasteiger partial charge in [0.1, 0.15) is 11.2 Å². The molecule has 6 nitrogen and oxygen atoms in total. The first-order chi connectivity index (χ1) is 9.88. The van der Waals surface area contributed by atoms with Crippen LogP contribution in [0.5, 0.6) is 0 Å². The molecule has 0 saturated carbocycles. The van der Waals surface area contributed by atoms with Gasteiger partial charge in [-0.15, -0.1) is 0 Å². The minimum atomic E-state index is -1.16. The highest BCUT2D eigenvalue weighted by Crippen LogP contribution is 2.21. The van der Waals surface area contributed by atoms with E-state index in [2.05, 4.69) is 15.6 Å². The molecule has 0 aliphatic carbocycles. The molecule has 0 radical (unpaired) electrons. The number of anilines is 1. The molecule has 1 aromatic rings. The van der Waals surface area contributed by atoms with Crippen molar-refractivity contribution < 1.29 is 14.3 Å². The van der Waals surface area contributed by atoms with Crippen LogP contribution in [-0.2, 0) is 0 Å². The number of pyridine rings is 1. The Balaban J connectivity index is 2.96. The molecule has 0 aliphatic rings. The van der Waals surface area contributed by atoms with Gasteiger partial charge in [-0.05, 0) is 19.4 Å². The first-order valence-corrected chi connectivity index (χ1v) is 6.79. The second kappa shape index (κ2) is 7.64. The van der Waals surface area contributed by atoms with Crippen molar-refractivity contribution in [1.82, 2.24) is 10.3 Å². The average Bonchev–Trinajstić information content (AvgIpc) is 2.40. The molecule has 0 aromatic carbocycles. The van der Waals surface area contributed by atoms with Gasteiger partial charge in [0.15, 0.2) is 11.6 Å². The van der Waals surface area contributed by atoms with Gasteiger partial charge in [-0.1, -0.05) is 24.9 Å². The van der Waals surface area contributed by atoms with E-state index in [1.54, 1.807) is 13.0 Å². The third-order valence-electron chi connectivity index (χ3n) is 2.93. The molecule has 1 heterocycles. The van der Waals surface area contributed by atoms with E-state index < -0.39 is 18.0 Å². The van der Waals surface area contributed by atoms with Crippen LogP contribution in [0.4, 0.5) is 15.0 Å². The summed E-state index contributed by atoms with van der Waals surface area (Å²) in [6, 6.07) is 1.94. The first kappa shape index (κ1) is 17.0. The number of carbonyl (C=O) groups is 1. The van der Waals surface area contributed by atoms with Crippen LogP contribution < -0.4 is 10.6 Å². The fourth-order valence-electron chi connectivity index (χ4n) is 1.88. The van der Waals surface area contributed by atoms with Crippen molar-refractivity contribution in [2.45, 2.75) is 38.8 Å². The van der Waals surface area contributed by atoms with Crippen LogP contribution in [0.25, 0.3) is 0 Å². The van der Waals surface area contributed by atoms with Crippen LogP contribution in [0.15, 0.2) is 6.07 Å². The van der Waals surface area contributed by atoms with Crippen molar-refractivity contribution in [2.24, 2.45) is 0 Å². The van der Waals surface area contributed by atoms with Crippen molar-refractivity contribution in [2.75, 3.05) is 5.32 Å². The number of nitrogens with one attached hydrogen (secondary N) is 2. The van der Waals surface area contributed by atoms with Crippen LogP contribution in [0.2, 0.25) is 5.15 Å². The van der Waals surface area contributed by atoms with E-state index in [0.717, 1.165) is 12.5 Å². The van der Waals surface area contributed by atoms with Crippen LogP contribution in [0, 0.1) is 17.1 Å². The van der Waals surface area contributed by atoms with E-state index in [0.29, 0.717) is 6.42 Å². The molecule has 21 heavy (non-hydrogen) atoms. The van der Waals surface area contributed by atoms with Gasteiger partial charge in [-0.3, -0.25) is 0 Å². The molecule has 114 valence electrons. The molecule has 1 rings (SSSR count). The maximum absolute atomic E-state index is 13.9. The molecule has 0 saturated heterocycles. The molecule has 0 fully saturated rings. The van der Waals surface area contributed by atoms with Crippen LogP contribution >= 0.6 is 11.6 Å². The molecule has 8 heteroatoms. The summed E-state index contributed by atoms with van der Waals surface area (Å²) in [5.74, 6) is -0.809. The highest BCUT2D eigenvalue weighted by molar-refractivity contribution is 6.30. The van der Waals surface area contributed by atoms with Gasteiger partial charge in [0.05, 0.1) is 5.56 Å². The Morgan fingerprint density at radius 1 is 1.67 bits per heavy atom. The number of halogens is 2.